The zero-order chi connectivity index (χ0) is 27.1. The molecule has 10 nitrogen and oxygen atoms in total. The molecule has 1 aliphatic carbocycles. The van der Waals surface area contributed by atoms with Crippen molar-refractivity contribution in [1.29, 1.82) is 5.26 Å². The van der Waals surface area contributed by atoms with Gasteiger partial charge in [-0.05, 0) is 63.3 Å². The van der Waals surface area contributed by atoms with E-state index in [1.807, 2.05) is 32.0 Å². The lowest BCUT2D eigenvalue weighted by Gasteiger charge is -2.15. The molecule has 0 unspecified atom stereocenters. The van der Waals surface area contributed by atoms with E-state index in [1.54, 1.807) is 21.7 Å². The Labute approximate surface area is 229 Å². The van der Waals surface area contributed by atoms with Gasteiger partial charge in [-0.1, -0.05) is 11.3 Å². The summed E-state index contributed by atoms with van der Waals surface area (Å²) in [6.07, 6.45) is 6.74. The molecule has 0 spiro atoms. The number of hydrogen-bond acceptors (Lipinski definition) is 9. The number of ketones is 1. The summed E-state index contributed by atoms with van der Waals surface area (Å²) in [7, 11) is 0. The Morgan fingerprint density at radius 3 is 2.79 bits per heavy atom. The molecule has 1 N–H and O–H groups in total. The standard InChI is InChI=1S/C28H28N8O2S/c1-16(2)32-22-11-23(24-6-5-20-9-18(12-29)13-31-36(20)24)30-14-21(22)26-33-34-27(39-26)28(38)35-8-7-17(15-35)10-25(37)19-3-4-19/h5-6,9,11,13-14,16-17,19H,3-4,7-8,10,15H2,1-2H3,(H,30,32)/t17-/m0/s1. The first-order valence-electron chi connectivity index (χ1n) is 13.2. The number of nitriles is 1. The predicted molar refractivity (Wildman–Crippen MR) is 147 cm³/mol. The molecule has 1 saturated heterocycles. The normalized spacial score (nSPS) is 17.1. The topological polar surface area (TPSA) is 129 Å². The summed E-state index contributed by atoms with van der Waals surface area (Å²) in [5.41, 5.74) is 4.40. The van der Waals surface area contributed by atoms with Crippen molar-refractivity contribution in [1.82, 2.24) is 29.7 Å². The number of fused-ring (bicyclic) bond motifs is 1. The second-order valence-electron chi connectivity index (χ2n) is 10.6. The predicted octanol–water partition coefficient (Wildman–Crippen LogP) is 4.44. The Morgan fingerprint density at radius 2 is 2.03 bits per heavy atom. The number of hydrogen-bond donors (Lipinski definition) is 1. The molecule has 1 aliphatic heterocycles. The summed E-state index contributed by atoms with van der Waals surface area (Å²) in [6, 6.07) is 9.82. The highest BCUT2D eigenvalue weighted by atomic mass is 32.1. The maximum absolute atomic E-state index is 13.2. The van der Waals surface area contributed by atoms with Crippen LogP contribution in [0.4, 0.5) is 5.69 Å². The summed E-state index contributed by atoms with van der Waals surface area (Å²) in [5.74, 6) is 0.715. The molecule has 5 heterocycles. The molecule has 39 heavy (non-hydrogen) atoms. The fourth-order valence-corrected chi connectivity index (χ4v) is 5.88. The van der Waals surface area contributed by atoms with Crippen LogP contribution in [-0.4, -0.2) is 60.5 Å². The number of nitrogens with zero attached hydrogens (tertiary/aromatic N) is 7. The van der Waals surface area contributed by atoms with Crippen molar-refractivity contribution in [3.05, 3.63) is 47.2 Å². The summed E-state index contributed by atoms with van der Waals surface area (Å²) in [6.45, 7) is 5.34. The molecule has 11 heteroatoms. The molecule has 2 aliphatic rings. The number of Topliss-reactive ketones (excluding diaryl/α,β-unsaturated/α-hetero) is 1. The Bertz CT molecular complexity index is 1610. The minimum Gasteiger partial charge on any atom is -0.382 e. The van der Waals surface area contributed by atoms with Gasteiger partial charge in [0.15, 0.2) is 5.01 Å². The van der Waals surface area contributed by atoms with E-state index in [0.717, 1.165) is 41.7 Å². The third kappa shape index (κ3) is 5.12. The van der Waals surface area contributed by atoms with Crippen LogP contribution in [0.25, 0.3) is 27.5 Å². The van der Waals surface area contributed by atoms with Crippen molar-refractivity contribution in [2.24, 2.45) is 11.8 Å². The lowest BCUT2D eigenvalue weighted by atomic mass is 10.00. The minimum absolute atomic E-state index is 0.134. The maximum atomic E-state index is 13.2. The van der Waals surface area contributed by atoms with Gasteiger partial charge in [-0.3, -0.25) is 14.6 Å². The van der Waals surface area contributed by atoms with Crippen molar-refractivity contribution < 1.29 is 9.59 Å². The van der Waals surface area contributed by atoms with E-state index < -0.39 is 0 Å². The van der Waals surface area contributed by atoms with Crippen LogP contribution in [0.5, 0.6) is 0 Å². The molecule has 0 aromatic carbocycles. The smallest absolute Gasteiger partial charge is 0.284 e. The minimum atomic E-state index is -0.134. The first-order valence-corrected chi connectivity index (χ1v) is 14.0. The molecule has 198 valence electrons. The van der Waals surface area contributed by atoms with Gasteiger partial charge in [0.1, 0.15) is 11.9 Å². The zero-order valence-electron chi connectivity index (χ0n) is 21.8. The van der Waals surface area contributed by atoms with Crippen LogP contribution in [0.15, 0.2) is 36.7 Å². The van der Waals surface area contributed by atoms with Crippen LogP contribution in [0, 0.1) is 23.2 Å². The zero-order valence-corrected chi connectivity index (χ0v) is 22.6. The average molecular weight is 541 g/mol. The third-order valence-corrected chi connectivity index (χ3v) is 8.12. The molecule has 0 radical (unpaired) electrons. The summed E-state index contributed by atoms with van der Waals surface area (Å²) < 4.78 is 1.76. The lowest BCUT2D eigenvalue weighted by Crippen LogP contribution is -2.29. The number of rotatable bonds is 8. The average Bonchev–Trinajstić information content (AvgIpc) is 3.30. The second kappa shape index (κ2) is 10.2. The number of nitrogens with one attached hydrogen (secondary N) is 1. The molecule has 2 fully saturated rings. The summed E-state index contributed by atoms with van der Waals surface area (Å²) in [5, 5.41) is 26.6. The van der Waals surface area contributed by atoms with E-state index in [0.29, 0.717) is 46.6 Å². The SMILES string of the molecule is CC(C)Nc1cc(-c2ccc3cc(C#N)cnn23)ncc1-c1nnc(C(=O)N2CC[C@@H](CC(=O)C3CC3)C2)s1. The third-order valence-electron chi connectivity index (χ3n) is 7.17. The fraction of sp³-hybridized carbons (Fsp3) is 0.393. The summed E-state index contributed by atoms with van der Waals surface area (Å²) >= 11 is 1.25. The Hall–Kier alpha value is -4.17. The Balaban J connectivity index is 1.24. The van der Waals surface area contributed by atoms with E-state index >= 15 is 0 Å². The highest BCUT2D eigenvalue weighted by molar-refractivity contribution is 7.16. The molecule has 1 amide bonds. The molecule has 1 atom stereocenters. The molecular weight excluding hydrogens is 512 g/mol. The highest BCUT2D eigenvalue weighted by Gasteiger charge is 2.35. The number of carbonyl (C=O) groups excluding carboxylic acids is 2. The van der Waals surface area contributed by atoms with Gasteiger partial charge < -0.3 is 10.2 Å². The molecule has 1 saturated carbocycles. The molecule has 4 aromatic heterocycles. The van der Waals surface area contributed by atoms with E-state index in [4.69, 9.17) is 4.98 Å². The van der Waals surface area contributed by atoms with Crippen LogP contribution in [-0.2, 0) is 4.79 Å². The van der Waals surface area contributed by atoms with Crippen molar-refractivity contribution >= 4 is 34.2 Å². The first kappa shape index (κ1) is 25.1. The van der Waals surface area contributed by atoms with E-state index in [2.05, 4.69) is 26.7 Å². The quantitative estimate of drug-likeness (QED) is 0.347. The van der Waals surface area contributed by atoms with E-state index in [9.17, 15) is 14.9 Å². The van der Waals surface area contributed by atoms with Crippen LogP contribution in [0.2, 0.25) is 0 Å². The fourth-order valence-electron chi connectivity index (χ4n) is 5.04. The van der Waals surface area contributed by atoms with Gasteiger partial charge >= 0.3 is 0 Å². The van der Waals surface area contributed by atoms with E-state index in [1.165, 1.54) is 17.5 Å². The molecule has 0 bridgehead atoms. The van der Waals surface area contributed by atoms with Crippen molar-refractivity contribution in [2.45, 2.75) is 45.6 Å². The van der Waals surface area contributed by atoms with Gasteiger partial charge in [0, 0.05) is 43.4 Å². The van der Waals surface area contributed by atoms with E-state index in [-0.39, 0.29) is 23.8 Å². The molecular formula is C28H28N8O2S. The maximum Gasteiger partial charge on any atom is 0.284 e. The molecule has 6 rings (SSSR count). The van der Waals surface area contributed by atoms with Crippen molar-refractivity contribution in [3.8, 4) is 28.0 Å². The number of aromatic nitrogens is 5. The number of likely N-dealkylation sites (tertiary alicyclic amines) is 1. The number of carbonyl (C=O) groups is 2. The molecule has 4 aromatic rings. The lowest BCUT2D eigenvalue weighted by molar-refractivity contribution is -0.121. The van der Waals surface area contributed by atoms with Gasteiger partial charge in [0.05, 0.1) is 34.2 Å². The number of pyridine rings is 1. The monoisotopic (exact) mass is 540 g/mol. The van der Waals surface area contributed by atoms with Gasteiger partial charge in [-0.15, -0.1) is 10.2 Å². The van der Waals surface area contributed by atoms with Crippen molar-refractivity contribution in [2.75, 3.05) is 18.4 Å². The first-order chi connectivity index (χ1) is 18.9. The highest BCUT2D eigenvalue weighted by Crippen LogP contribution is 2.36. The van der Waals surface area contributed by atoms with Crippen LogP contribution in [0.3, 0.4) is 0 Å². The second-order valence-corrected chi connectivity index (χ2v) is 11.6. The van der Waals surface area contributed by atoms with Crippen molar-refractivity contribution in [3.63, 3.8) is 0 Å². The van der Waals surface area contributed by atoms with Crippen LogP contribution < -0.4 is 5.32 Å². The number of anilines is 1. The van der Waals surface area contributed by atoms with Crippen LogP contribution in [0.1, 0.15) is 54.9 Å². The number of amides is 1. The van der Waals surface area contributed by atoms with Gasteiger partial charge in [0.25, 0.3) is 5.91 Å². The summed E-state index contributed by atoms with van der Waals surface area (Å²) in [4.78, 5) is 31.9. The largest absolute Gasteiger partial charge is 0.382 e. The van der Waals surface area contributed by atoms with Gasteiger partial charge in [-0.25, -0.2) is 4.52 Å². The van der Waals surface area contributed by atoms with Crippen LogP contribution >= 0.6 is 11.3 Å². The van der Waals surface area contributed by atoms with Gasteiger partial charge in [0.2, 0.25) is 5.01 Å². The van der Waals surface area contributed by atoms with Gasteiger partial charge in [-0.2, -0.15) is 10.4 Å². The Morgan fingerprint density at radius 1 is 1.18 bits per heavy atom. The Kier molecular flexibility index (Phi) is 6.56.